The van der Waals surface area contributed by atoms with Gasteiger partial charge in [0.1, 0.15) is 6.17 Å². The van der Waals surface area contributed by atoms with Crippen molar-refractivity contribution in [3.63, 3.8) is 0 Å². The molecule has 0 spiro atoms. The summed E-state index contributed by atoms with van der Waals surface area (Å²) in [5.41, 5.74) is 0. The van der Waals surface area contributed by atoms with E-state index in [1.165, 1.54) is 0 Å². The first-order valence-corrected chi connectivity index (χ1v) is 3.74. The summed E-state index contributed by atoms with van der Waals surface area (Å²) < 4.78 is 13.0. The minimum atomic E-state index is -0.691. The van der Waals surface area contributed by atoms with Crippen LogP contribution in [0.1, 0.15) is 6.42 Å². The molecule has 1 rings (SSSR count). The third-order valence-corrected chi connectivity index (χ3v) is 2.12. The summed E-state index contributed by atoms with van der Waals surface area (Å²) in [6.45, 7) is 1.58. The Morgan fingerprint density at radius 2 is 2.00 bits per heavy atom. The first kappa shape index (κ1) is 14.9. The van der Waals surface area contributed by atoms with E-state index in [0.29, 0.717) is 6.54 Å². The Bertz CT molecular complexity index is 116. The molecule has 0 amide bonds. The highest BCUT2D eigenvalue weighted by Gasteiger charge is 2.25. The van der Waals surface area contributed by atoms with Crippen molar-refractivity contribution in [2.75, 3.05) is 27.2 Å². The Labute approximate surface area is 85.7 Å². The molecular formula is C7H17Cl2FN2. The molecule has 1 fully saturated rings. The van der Waals surface area contributed by atoms with Gasteiger partial charge in [0.05, 0.1) is 0 Å². The van der Waals surface area contributed by atoms with Gasteiger partial charge in [0.2, 0.25) is 0 Å². The number of hydrogen-bond acceptors (Lipinski definition) is 2. The number of nitrogens with zero attached hydrogens (tertiary/aromatic N) is 1. The zero-order chi connectivity index (χ0) is 7.56. The van der Waals surface area contributed by atoms with E-state index in [2.05, 4.69) is 5.32 Å². The molecule has 0 saturated carbocycles. The maximum absolute atomic E-state index is 13.0. The molecule has 0 unspecified atom stereocenters. The van der Waals surface area contributed by atoms with Crippen molar-refractivity contribution in [1.29, 1.82) is 0 Å². The molecule has 76 valence electrons. The van der Waals surface area contributed by atoms with Crippen molar-refractivity contribution in [2.45, 2.75) is 18.6 Å². The molecule has 0 aromatic heterocycles. The largest absolute Gasteiger partial charge is 0.314 e. The predicted molar refractivity (Wildman–Crippen MR) is 54.4 cm³/mol. The van der Waals surface area contributed by atoms with Crippen molar-refractivity contribution in [3.8, 4) is 0 Å². The van der Waals surface area contributed by atoms with Crippen molar-refractivity contribution in [2.24, 2.45) is 0 Å². The van der Waals surface area contributed by atoms with Crippen LogP contribution in [0.15, 0.2) is 0 Å². The maximum Gasteiger partial charge on any atom is 0.128 e. The summed E-state index contributed by atoms with van der Waals surface area (Å²) in [5.74, 6) is 0. The lowest BCUT2D eigenvalue weighted by Gasteiger charge is -2.31. The minimum absolute atomic E-state index is 0. The first-order chi connectivity index (χ1) is 4.74. The topological polar surface area (TPSA) is 15.3 Å². The van der Waals surface area contributed by atoms with Gasteiger partial charge in [-0.15, -0.1) is 24.8 Å². The van der Waals surface area contributed by atoms with E-state index < -0.39 is 6.17 Å². The van der Waals surface area contributed by atoms with Crippen molar-refractivity contribution < 1.29 is 4.39 Å². The second kappa shape index (κ2) is 6.89. The molecule has 1 heterocycles. The van der Waals surface area contributed by atoms with Crippen LogP contribution in [0.25, 0.3) is 0 Å². The van der Waals surface area contributed by atoms with Gasteiger partial charge >= 0.3 is 0 Å². The quantitative estimate of drug-likeness (QED) is 0.710. The molecule has 1 N–H and O–H groups in total. The van der Waals surface area contributed by atoms with E-state index in [0.717, 1.165) is 13.0 Å². The number of alkyl halides is 1. The van der Waals surface area contributed by atoms with E-state index >= 15 is 0 Å². The second-order valence-corrected chi connectivity index (χ2v) is 2.96. The number of likely N-dealkylation sites (tertiary alicyclic amines) is 1. The van der Waals surface area contributed by atoms with E-state index in [9.17, 15) is 4.39 Å². The Kier molecular flexibility index (Phi) is 8.58. The van der Waals surface area contributed by atoms with Gasteiger partial charge in [-0.25, -0.2) is 4.39 Å². The standard InChI is InChI=1S/C7H15FN2.2ClH/c1-9-7-3-4-10(2)5-6(7)8;;/h6-7,9H,3-5H2,1-2H3;2*1H/t6-,7+;;/m1../s1. The van der Waals surface area contributed by atoms with Gasteiger partial charge in [-0.1, -0.05) is 0 Å². The summed E-state index contributed by atoms with van der Waals surface area (Å²) >= 11 is 0. The summed E-state index contributed by atoms with van der Waals surface area (Å²) in [7, 11) is 3.78. The van der Waals surface area contributed by atoms with Crippen LogP contribution in [0, 0.1) is 0 Å². The maximum atomic E-state index is 13.0. The molecule has 0 aliphatic carbocycles. The molecular weight excluding hydrogens is 202 g/mol. The highest BCUT2D eigenvalue weighted by atomic mass is 35.5. The second-order valence-electron chi connectivity index (χ2n) is 2.96. The lowest BCUT2D eigenvalue weighted by molar-refractivity contribution is 0.127. The Balaban J connectivity index is 0. The highest BCUT2D eigenvalue weighted by Crippen LogP contribution is 2.11. The van der Waals surface area contributed by atoms with E-state index in [-0.39, 0.29) is 30.9 Å². The van der Waals surface area contributed by atoms with Crippen LogP contribution < -0.4 is 5.32 Å². The fraction of sp³-hybridized carbons (Fsp3) is 1.00. The molecule has 1 aliphatic rings. The zero-order valence-electron chi connectivity index (χ0n) is 7.42. The fourth-order valence-corrected chi connectivity index (χ4v) is 1.38. The molecule has 1 saturated heterocycles. The van der Waals surface area contributed by atoms with E-state index in [1.807, 2.05) is 19.0 Å². The van der Waals surface area contributed by atoms with Crippen LogP contribution in [-0.2, 0) is 0 Å². The molecule has 0 radical (unpaired) electrons. The molecule has 0 bridgehead atoms. The Hall–Kier alpha value is 0.430. The third kappa shape index (κ3) is 3.90. The summed E-state index contributed by atoms with van der Waals surface area (Å²) in [4.78, 5) is 2.03. The molecule has 1 aliphatic heterocycles. The lowest BCUT2D eigenvalue weighted by atomic mass is 10.0. The van der Waals surface area contributed by atoms with Gasteiger partial charge in [-0.2, -0.15) is 0 Å². The average molecular weight is 219 g/mol. The molecule has 0 aromatic rings. The van der Waals surface area contributed by atoms with Crippen LogP contribution in [0.2, 0.25) is 0 Å². The van der Waals surface area contributed by atoms with Gasteiger partial charge < -0.3 is 10.2 Å². The predicted octanol–water partition coefficient (Wildman–Crippen LogP) is 1.09. The van der Waals surface area contributed by atoms with Crippen LogP contribution in [0.3, 0.4) is 0 Å². The zero-order valence-corrected chi connectivity index (χ0v) is 9.05. The molecule has 5 heteroatoms. The number of halogens is 3. The molecule has 12 heavy (non-hydrogen) atoms. The minimum Gasteiger partial charge on any atom is -0.314 e. The smallest absolute Gasteiger partial charge is 0.128 e. The van der Waals surface area contributed by atoms with Gasteiger partial charge in [-0.3, -0.25) is 0 Å². The Morgan fingerprint density at radius 3 is 2.42 bits per heavy atom. The molecule has 2 atom stereocenters. The molecule has 2 nitrogen and oxygen atoms in total. The highest BCUT2D eigenvalue weighted by molar-refractivity contribution is 5.85. The fourth-order valence-electron chi connectivity index (χ4n) is 1.38. The summed E-state index contributed by atoms with van der Waals surface area (Å²) in [6.07, 6.45) is 0.234. The van der Waals surface area contributed by atoms with Crippen molar-refractivity contribution >= 4 is 24.8 Å². The monoisotopic (exact) mass is 218 g/mol. The van der Waals surface area contributed by atoms with E-state index in [4.69, 9.17) is 0 Å². The van der Waals surface area contributed by atoms with Gasteiger partial charge in [0, 0.05) is 12.6 Å². The van der Waals surface area contributed by atoms with Crippen molar-refractivity contribution in [1.82, 2.24) is 10.2 Å². The van der Waals surface area contributed by atoms with E-state index in [1.54, 1.807) is 0 Å². The van der Waals surface area contributed by atoms with Gasteiger partial charge in [0.15, 0.2) is 0 Å². The van der Waals surface area contributed by atoms with Crippen LogP contribution in [0.5, 0.6) is 0 Å². The number of hydrogen-bond donors (Lipinski definition) is 1. The van der Waals surface area contributed by atoms with Crippen LogP contribution >= 0.6 is 24.8 Å². The first-order valence-electron chi connectivity index (χ1n) is 3.74. The summed E-state index contributed by atoms with van der Waals surface area (Å²) in [6, 6.07) is 0.0798. The van der Waals surface area contributed by atoms with Crippen LogP contribution in [-0.4, -0.2) is 44.3 Å². The SMILES string of the molecule is CN[C@H]1CCN(C)C[C@H]1F.Cl.Cl. The summed E-state index contributed by atoms with van der Waals surface area (Å²) in [5, 5.41) is 2.97. The number of rotatable bonds is 1. The number of nitrogens with one attached hydrogen (secondary N) is 1. The van der Waals surface area contributed by atoms with Gasteiger partial charge in [-0.05, 0) is 27.1 Å². The number of piperidine rings is 1. The third-order valence-electron chi connectivity index (χ3n) is 2.12. The van der Waals surface area contributed by atoms with Gasteiger partial charge in [0.25, 0.3) is 0 Å². The van der Waals surface area contributed by atoms with Crippen molar-refractivity contribution in [3.05, 3.63) is 0 Å². The van der Waals surface area contributed by atoms with Crippen LogP contribution in [0.4, 0.5) is 4.39 Å². The Morgan fingerprint density at radius 1 is 1.42 bits per heavy atom. The molecule has 0 aromatic carbocycles. The average Bonchev–Trinajstić information content (AvgIpc) is 1.88. The normalized spacial score (nSPS) is 30.2. The lowest BCUT2D eigenvalue weighted by Crippen LogP contribution is -2.48.